The first kappa shape index (κ1) is 20.5. The molecule has 3 aromatic rings. The number of para-hydroxylation sites is 2. The number of hydrogen-bond acceptors (Lipinski definition) is 5. The molecular weight excluding hydrogens is 392 g/mol. The molecule has 0 saturated carbocycles. The minimum atomic E-state index is 0. The summed E-state index contributed by atoms with van der Waals surface area (Å²) in [5, 5.41) is 20.0. The Morgan fingerprint density at radius 3 is 1.81 bits per heavy atom. The minimum Gasteiger partial charge on any atom is -0.507 e. The third-order valence-electron chi connectivity index (χ3n) is 3.92. The summed E-state index contributed by atoms with van der Waals surface area (Å²) in [6.45, 7) is 3.64. The maximum Gasteiger partial charge on any atom is 0.178 e. The Morgan fingerprint density at radius 2 is 1.26 bits per heavy atom. The molecule has 0 aliphatic heterocycles. The van der Waals surface area contributed by atoms with E-state index in [2.05, 4.69) is 15.0 Å². The number of aliphatic imine (C=N–C) groups is 2. The van der Waals surface area contributed by atoms with Gasteiger partial charge >= 0.3 is 0 Å². The number of aromatic hydroxyl groups is 2. The van der Waals surface area contributed by atoms with Crippen LogP contribution in [0.25, 0.3) is 0 Å². The zero-order valence-corrected chi connectivity index (χ0v) is 18.3. The van der Waals surface area contributed by atoms with E-state index in [9.17, 15) is 10.2 Å². The van der Waals surface area contributed by atoms with E-state index < -0.39 is 0 Å². The Bertz CT molecular complexity index is 919. The third-order valence-corrected chi connectivity index (χ3v) is 3.92. The Balaban J connectivity index is 0.00000261. The van der Waals surface area contributed by atoms with Gasteiger partial charge in [-0.05, 0) is 50.2 Å². The summed E-state index contributed by atoms with van der Waals surface area (Å²) in [7, 11) is 0. The van der Waals surface area contributed by atoms with Crippen molar-refractivity contribution in [3.8, 4) is 11.5 Å². The molecule has 27 heavy (non-hydrogen) atoms. The van der Waals surface area contributed by atoms with Crippen LogP contribution in [0.15, 0.2) is 76.8 Å². The van der Waals surface area contributed by atoms with E-state index in [0.29, 0.717) is 34.1 Å². The van der Waals surface area contributed by atoms with Crippen LogP contribution in [0, 0.1) is 0 Å². The van der Waals surface area contributed by atoms with E-state index in [4.69, 9.17) is 0 Å². The topological polar surface area (TPSA) is 78.1 Å². The van der Waals surface area contributed by atoms with Gasteiger partial charge in [0.15, 0.2) is 5.82 Å². The molecule has 0 bridgehead atoms. The molecule has 0 fully saturated rings. The van der Waals surface area contributed by atoms with Gasteiger partial charge in [-0.15, -0.1) is 0 Å². The van der Waals surface area contributed by atoms with E-state index in [1.54, 1.807) is 48.7 Å². The number of phenols is 2. The van der Waals surface area contributed by atoms with Crippen LogP contribution in [0.3, 0.4) is 0 Å². The van der Waals surface area contributed by atoms with Crippen molar-refractivity contribution in [2.24, 2.45) is 9.98 Å². The maximum absolute atomic E-state index is 10.0. The molecule has 0 unspecified atom stereocenters. The number of hydrogen-bond donors (Lipinski definition) is 2. The van der Waals surface area contributed by atoms with Gasteiger partial charge in [-0.2, -0.15) is 0 Å². The van der Waals surface area contributed by atoms with Crippen molar-refractivity contribution in [2.75, 3.05) is 0 Å². The van der Waals surface area contributed by atoms with E-state index in [0.717, 1.165) is 0 Å². The Kier molecular flexibility index (Phi) is 6.97. The average molecular weight is 411 g/mol. The van der Waals surface area contributed by atoms with Gasteiger partial charge in [0.05, 0.1) is 5.71 Å². The summed E-state index contributed by atoms with van der Waals surface area (Å²) in [6.07, 6.45) is 1.64. The van der Waals surface area contributed by atoms with Gasteiger partial charge in [0.25, 0.3) is 0 Å². The van der Waals surface area contributed by atoms with Crippen molar-refractivity contribution >= 4 is 22.9 Å². The molecule has 132 valence electrons. The maximum atomic E-state index is 10.0. The van der Waals surface area contributed by atoms with Crippen molar-refractivity contribution in [2.45, 2.75) is 13.8 Å². The fourth-order valence-corrected chi connectivity index (χ4v) is 2.58. The summed E-state index contributed by atoms with van der Waals surface area (Å²) < 4.78 is 0. The summed E-state index contributed by atoms with van der Waals surface area (Å²) in [5.41, 5.74) is 3.18. The molecule has 1 heterocycles. The van der Waals surface area contributed by atoms with E-state index in [1.165, 1.54) is 0 Å². The quantitative estimate of drug-likeness (QED) is 0.480. The Hall–Kier alpha value is -2.85. The predicted octanol–water partition coefficient (Wildman–Crippen LogP) is 4.77. The van der Waals surface area contributed by atoms with Crippen LogP contribution in [0.4, 0.5) is 11.5 Å². The fourth-order valence-electron chi connectivity index (χ4n) is 2.58. The molecule has 0 radical (unpaired) electrons. The first-order valence-corrected chi connectivity index (χ1v) is 8.18. The van der Waals surface area contributed by atoms with E-state index >= 15 is 0 Å². The van der Waals surface area contributed by atoms with Crippen molar-refractivity contribution in [3.05, 3.63) is 78.0 Å². The monoisotopic (exact) mass is 409 g/mol. The van der Waals surface area contributed by atoms with Crippen molar-refractivity contribution < 1.29 is 29.7 Å². The summed E-state index contributed by atoms with van der Waals surface area (Å²) in [5.74, 6) is 0.788. The fraction of sp³-hybridized carbons (Fsp3) is 0.0952. The molecule has 2 N–H and O–H groups in total. The third kappa shape index (κ3) is 4.86. The Morgan fingerprint density at radius 1 is 0.741 bits per heavy atom. The van der Waals surface area contributed by atoms with Gasteiger partial charge in [0, 0.05) is 42.5 Å². The summed E-state index contributed by atoms with van der Waals surface area (Å²) in [6, 6.07) is 17.7. The predicted molar refractivity (Wildman–Crippen MR) is 104 cm³/mol. The smallest absolute Gasteiger partial charge is 0.178 e. The van der Waals surface area contributed by atoms with Crippen LogP contribution in [0.2, 0.25) is 0 Å². The second kappa shape index (κ2) is 9.20. The number of aromatic nitrogens is 1. The average Bonchev–Trinajstić information content (AvgIpc) is 2.64. The van der Waals surface area contributed by atoms with Crippen LogP contribution < -0.4 is 0 Å². The van der Waals surface area contributed by atoms with Crippen LogP contribution in [-0.2, 0) is 19.5 Å². The molecule has 0 atom stereocenters. The van der Waals surface area contributed by atoms with Gasteiger partial charge in [-0.1, -0.05) is 24.3 Å². The van der Waals surface area contributed by atoms with E-state index in [1.807, 2.05) is 32.0 Å². The molecule has 2 aromatic carbocycles. The van der Waals surface area contributed by atoms with Crippen LogP contribution in [0.5, 0.6) is 11.5 Å². The van der Waals surface area contributed by atoms with Gasteiger partial charge in [-0.3, -0.25) is 0 Å². The number of rotatable bonds is 4. The first-order chi connectivity index (χ1) is 12.6. The zero-order valence-electron chi connectivity index (χ0n) is 15.3. The molecule has 0 saturated heterocycles. The number of phenolic OH excluding ortho intramolecular Hbond substituents is 2. The minimum absolute atomic E-state index is 0. The van der Waals surface area contributed by atoms with Crippen molar-refractivity contribution in [1.82, 2.24) is 4.98 Å². The van der Waals surface area contributed by atoms with Gasteiger partial charge in [0.2, 0.25) is 0 Å². The second-order valence-corrected chi connectivity index (χ2v) is 5.77. The zero-order chi connectivity index (χ0) is 18.5. The second-order valence-electron chi connectivity index (χ2n) is 5.77. The summed E-state index contributed by atoms with van der Waals surface area (Å²) in [4.78, 5) is 13.4. The first-order valence-electron chi connectivity index (χ1n) is 8.18. The number of benzene rings is 2. The number of pyridine rings is 1. The molecule has 3 rings (SSSR count). The van der Waals surface area contributed by atoms with Crippen LogP contribution in [0.1, 0.15) is 25.0 Å². The molecule has 0 spiro atoms. The largest absolute Gasteiger partial charge is 0.507 e. The molecule has 0 amide bonds. The van der Waals surface area contributed by atoms with Gasteiger partial charge < -0.3 is 10.2 Å². The van der Waals surface area contributed by atoms with E-state index in [-0.39, 0.29) is 31.0 Å². The normalized spacial score (nSPS) is 11.8. The number of nitrogens with zero attached hydrogens (tertiary/aromatic N) is 3. The molecule has 0 aliphatic carbocycles. The molecule has 5 nitrogen and oxygen atoms in total. The molecule has 0 aliphatic rings. The Labute approximate surface area is 170 Å². The van der Waals surface area contributed by atoms with Crippen molar-refractivity contribution in [3.63, 3.8) is 0 Å². The van der Waals surface area contributed by atoms with Crippen molar-refractivity contribution in [1.29, 1.82) is 0 Å². The van der Waals surface area contributed by atoms with Crippen LogP contribution >= 0.6 is 0 Å². The SMILES string of the molecule is CC(=Nc1cccnc1N=C(C)c1ccccc1O)c1ccccc1O.[Zn]. The van der Waals surface area contributed by atoms with Gasteiger partial charge in [-0.25, -0.2) is 15.0 Å². The molecule has 1 aromatic heterocycles. The standard InChI is InChI=1S/C21H19N3O2.Zn/c1-14(16-8-3-5-11-19(16)25)23-18-10-7-13-22-21(18)24-15(2)17-9-4-6-12-20(17)26;/h3-13,25-26H,1-2H3;. The summed E-state index contributed by atoms with van der Waals surface area (Å²) >= 11 is 0. The van der Waals surface area contributed by atoms with Crippen LogP contribution in [-0.4, -0.2) is 26.6 Å². The van der Waals surface area contributed by atoms with Gasteiger partial charge in [0.1, 0.15) is 17.2 Å². The molecule has 6 heteroatoms. The molecular formula is C21H19N3O2Zn.